The van der Waals surface area contributed by atoms with Crippen LogP contribution >= 0.6 is 0 Å². The van der Waals surface area contributed by atoms with Gasteiger partial charge in [0.1, 0.15) is 5.69 Å². The number of pyridine rings is 1. The second-order valence-electron chi connectivity index (χ2n) is 4.18. The summed E-state index contributed by atoms with van der Waals surface area (Å²) in [5.74, 6) is -0.416. The molecular weight excluding hydrogens is 272 g/mol. The molecule has 2 aromatic rings. The Morgan fingerprint density at radius 1 is 1.29 bits per heavy atom. The van der Waals surface area contributed by atoms with Gasteiger partial charge in [0.25, 0.3) is 11.6 Å². The minimum atomic E-state index is -0.513. The van der Waals surface area contributed by atoms with Crippen molar-refractivity contribution in [3.05, 3.63) is 58.4 Å². The number of nitro benzene ring substituents is 1. The van der Waals surface area contributed by atoms with Gasteiger partial charge in [-0.25, -0.2) is 0 Å². The normalized spacial score (nSPS) is 9.95. The first-order valence-electron chi connectivity index (χ1n) is 6.36. The maximum absolute atomic E-state index is 12.3. The summed E-state index contributed by atoms with van der Waals surface area (Å²) in [7, 11) is 0. The molecular formula is C14H14N4O3. The summed E-state index contributed by atoms with van der Waals surface area (Å²) < 4.78 is 0. The molecule has 2 N–H and O–H groups in total. The zero-order valence-corrected chi connectivity index (χ0v) is 11.4. The summed E-state index contributed by atoms with van der Waals surface area (Å²) in [6.07, 6.45) is 3.10. The fourth-order valence-corrected chi connectivity index (χ4v) is 1.88. The van der Waals surface area contributed by atoms with Crippen LogP contribution < -0.4 is 10.6 Å². The zero-order valence-electron chi connectivity index (χ0n) is 11.4. The molecule has 0 aliphatic rings. The third-order valence-corrected chi connectivity index (χ3v) is 2.78. The molecule has 1 aromatic heterocycles. The van der Waals surface area contributed by atoms with Crippen molar-refractivity contribution in [1.29, 1.82) is 0 Å². The van der Waals surface area contributed by atoms with Crippen molar-refractivity contribution in [3.8, 4) is 0 Å². The summed E-state index contributed by atoms with van der Waals surface area (Å²) in [6.45, 7) is 2.28. The van der Waals surface area contributed by atoms with Gasteiger partial charge in [-0.05, 0) is 25.1 Å². The number of anilines is 2. The Hall–Kier alpha value is -2.96. The van der Waals surface area contributed by atoms with E-state index in [1.165, 1.54) is 12.1 Å². The third-order valence-electron chi connectivity index (χ3n) is 2.78. The van der Waals surface area contributed by atoms with Crippen LogP contribution in [0.1, 0.15) is 17.3 Å². The van der Waals surface area contributed by atoms with Crippen LogP contribution in [0.4, 0.5) is 17.1 Å². The van der Waals surface area contributed by atoms with Crippen LogP contribution in [0.3, 0.4) is 0 Å². The van der Waals surface area contributed by atoms with E-state index in [1.807, 2.05) is 0 Å². The molecule has 7 nitrogen and oxygen atoms in total. The molecule has 0 spiro atoms. The van der Waals surface area contributed by atoms with E-state index in [1.54, 1.807) is 37.5 Å². The van der Waals surface area contributed by atoms with Crippen molar-refractivity contribution < 1.29 is 9.72 Å². The second kappa shape index (κ2) is 6.47. The summed E-state index contributed by atoms with van der Waals surface area (Å²) in [5, 5.41) is 16.6. The van der Waals surface area contributed by atoms with Gasteiger partial charge in [-0.3, -0.25) is 19.9 Å². The Kier molecular flexibility index (Phi) is 4.45. The van der Waals surface area contributed by atoms with E-state index in [-0.39, 0.29) is 16.9 Å². The van der Waals surface area contributed by atoms with Crippen LogP contribution in [0.2, 0.25) is 0 Å². The number of aromatic nitrogens is 1. The Morgan fingerprint density at radius 3 is 2.62 bits per heavy atom. The highest BCUT2D eigenvalue weighted by Gasteiger charge is 2.21. The number of rotatable bonds is 5. The Labute approximate surface area is 121 Å². The summed E-state index contributed by atoms with van der Waals surface area (Å²) in [5.41, 5.74) is 0.891. The molecule has 0 saturated carbocycles. The van der Waals surface area contributed by atoms with Crippen molar-refractivity contribution in [1.82, 2.24) is 4.98 Å². The summed E-state index contributed by atoms with van der Waals surface area (Å²) >= 11 is 0. The van der Waals surface area contributed by atoms with Crippen molar-refractivity contribution in [2.75, 3.05) is 17.2 Å². The van der Waals surface area contributed by atoms with Crippen LogP contribution in [0, 0.1) is 10.1 Å². The van der Waals surface area contributed by atoms with E-state index < -0.39 is 10.8 Å². The van der Waals surface area contributed by atoms with Crippen LogP contribution in [0.5, 0.6) is 0 Å². The van der Waals surface area contributed by atoms with Crippen LogP contribution in [-0.2, 0) is 0 Å². The van der Waals surface area contributed by atoms with Gasteiger partial charge in [0.2, 0.25) is 0 Å². The number of nitrogens with zero attached hydrogens (tertiary/aromatic N) is 2. The number of nitro groups is 1. The third kappa shape index (κ3) is 3.33. The molecule has 1 amide bonds. The zero-order chi connectivity index (χ0) is 15.2. The molecule has 2 rings (SSSR count). The van der Waals surface area contributed by atoms with Crippen LogP contribution in [0.25, 0.3) is 0 Å². The number of nitrogens with one attached hydrogen (secondary N) is 2. The van der Waals surface area contributed by atoms with Crippen LogP contribution in [-0.4, -0.2) is 22.4 Å². The molecule has 0 saturated heterocycles. The van der Waals surface area contributed by atoms with Gasteiger partial charge in [0, 0.05) is 30.7 Å². The molecule has 0 fully saturated rings. The van der Waals surface area contributed by atoms with Crippen molar-refractivity contribution >= 4 is 23.0 Å². The molecule has 21 heavy (non-hydrogen) atoms. The lowest BCUT2D eigenvalue weighted by Crippen LogP contribution is -2.15. The van der Waals surface area contributed by atoms with Gasteiger partial charge < -0.3 is 10.6 Å². The van der Waals surface area contributed by atoms with E-state index in [0.29, 0.717) is 12.2 Å². The monoisotopic (exact) mass is 286 g/mol. The van der Waals surface area contributed by atoms with Crippen LogP contribution in [0.15, 0.2) is 42.7 Å². The predicted molar refractivity (Wildman–Crippen MR) is 79.5 cm³/mol. The largest absolute Gasteiger partial charge is 0.379 e. The highest BCUT2D eigenvalue weighted by molar-refractivity contribution is 6.09. The molecule has 7 heteroatoms. The number of benzene rings is 1. The van der Waals surface area contributed by atoms with E-state index in [0.717, 1.165) is 0 Å². The lowest BCUT2D eigenvalue weighted by atomic mass is 10.1. The topological polar surface area (TPSA) is 97.2 Å². The highest BCUT2D eigenvalue weighted by Crippen LogP contribution is 2.28. The maximum Gasteiger partial charge on any atom is 0.293 e. The number of carbonyl (C=O) groups is 1. The molecule has 0 aliphatic carbocycles. The average Bonchev–Trinajstić information content (AvgIpc) is 2.48. The fourth-order valence-electron chi connectivity index (χ4n) is 1.88. The fraction of sp³-hybridized carbons (Fsp3) is 0.143. The molecule has 0 unspecified atom stereocenters. The molecule has 0 aliphatic heterocycles. The van der Waals surface area contributed by atoms with Crippen molar-refractivity contribution in [2.45, 2.75) is 6.92 Å². The first-order valence-corrected chi connectivity index (χ1v) is 6.36. The lowest BCUT2D eigenvalue weighted by molar-refractivity contribution is -0.384. The predicted octanol–water partition coefficient (Wildman–Crippen LogP) is 2.67. The molecule has 0 atom stereocenters. The molecule has 1 heterocycles. The quantitative estimate of drug-likeness (QED) is 0.650. The van der Waals surface area contributed by atoms with Gasteiger partial charge in [-0.1, -0.05) is 6.07 Å². The van der Waals surface area contributed by atoms with E-state index in [2.05, 4.69) is 15.6 Å². The van der Waals surface area contributed by atoms with E-state index in [9.17, 15) is 14.9 Å². The SMILES string of the molecule is CCNc1c(C(=O)Nc2ccncc2)cccc1[N+](=O)[O-]. The number of carbonyl (C=O) groups excluding carboxylic acids is 1. The highest BCUT2D eigenvalue weighted by atomic mass is 16.6. The summed E-state index contributed by atoms with van der Waals surface area (Å²) in [6, 6.07) is 7.67. The number of amides is 1. The number of para-hydroxylation sites is 1. The molecule has 1 aromatic carbocycles. The second-order valence-corrected chi connectivity index (χ2v) is 4.18. The minimum absolute atomic E-state index is 0.126. The Balaban J connectivity index is 2.36. The average molecular weight is 286 g/mol. The first kappa shape index (κ1) is 14.4. The number of hydrogen-bond acceptors (Lipinski definition) is 5. The van der Waals surface area contributed by atoms with Gasteiger partial charge in [-0.15, -0.1) is 0 Å². The van der Waals surface area contributed by atoms with E-state index in [4.69, 9.17) is 0 Å². The van der Waals surface area contributed by atoms with Crippen molar-refractivity contribution in [2.24, 2.45) is 0 Å². The van der Waals surface area contributed by atoms with Gasteiger partial charge in [0.05, 0.1) is 10.5 Å². The molecule has 108 valence electrons. The smallest absolute Gasteiger partial charge is 0.293 e. The van der Waals surface area contributed by atoms with Crippen molar-refractivity contribution in [3.63, 3.8) is 0 Å². The maximum atomic E-state index is 12.3. The van der Waals surface area contributed by atoms with Gasteiger partial charge in [-0.2, -0.15) is 0 Å². The number of hydrogen-bond donors (Lipinski definition) is 2. The summed E-state index contributed by atoms with van der Waals surface area (Å²) in [4.78, 5) is 26.7. The van der Waals surface area contributed by atoms with Gasteiger partial charge >= 0.3 is 0 Å². The molecule has 0 bridgehead atoms. The van der Waals surface area contributed by atoms with Gasteiger partial charge in [0.15, 0.2) is 0 Å². The molecule has 0 radical (unpaired) electrons. The van der Waals surface area contributed by atoms with E-state index >= 15 is 0 Å². The lowest BCUT2D eigenvalue weighted by Gasteiger charge is -2.11. The Bertz CT molecular complexity index is 659. The Morgan fingerprint density at radius 2 is 2.00 bits per heavy atom. The first-order chi connectivity index (χ1) is 10.1. The standard InChI is InChI=1S/C14H14N4O3/c1-2-16-13-11(4-3-5-12(13)18(20)21)14(19)17-10-6-8-15-9-7-10/h3-9,16H,2H2,1H3,(H,15,17,19). The minimum Gasteiger partial charge on any atom is -0.379 e.